The van der Waals surface area contributed by atoms with Crippen molar-refractivity contribution in [2.45, 2.75) is 52.0 Å². The molecule has 118 valence electrons. The van der Waals surface area contributed by atoms with Crippen LogP contribution >= 0.6 is 23.1 Å². The first-order valence-electron chi connectivity index (χ1n) is 7.66. The Morgan fingerprint density at radius 2 is 2.38 bits per heavy atom. The molecule has 0 spiro atoms. The second kappa shape index (κ2) is 8.03. The number of aromatic nitrogens is 1. The van der Waals surface area contributed by atoms with Crippen molar-refractivity contribution in [3.05, 3.63) is 10.6 Å². The Balaban J connectivity index is 1.93. The van der Waals surface area contributed by atoms with Gasteiger partial charge in [0.2, 0.25) is 0 Å². The van der Waals surface area contributed by atoms with Crippen molar-refractivity contribution >= 4 is 34.2 Å². The fourth-order valence-corrected chi connectivity index (χ4v) is 4.41. The van der Waals surface area contributed by atoms with E-state index in [4.69, 9.17) is 4.74 Å². The van der Waals surface area contributed by atoms with Gasteiger partial charge in [-0.2, -0.15) is 11.8 Å². The van der Waals surface area contributed by atoms with Crippen molar-refractivity contribution in [2.75, 3.05) is 23.4 Å². The van der Waals surface area contributed by atoms with Gasteiger partial charge >= 0.3 is 5.97 Å². The van der Waals surface area contributed by atoms with Crippen molar-refractivity contribution < 1.29 is 9.53 Å². The van der Waals surface area contributed by atoms with Crippen LogP contribution in [0.4, 0.5) is 5.13 Å². The maximum absolute atomic E-state index is 11.9. The zero-order chi connectivity index (χ0) is 15.2. The van der Waals surface area contributed by atoms with E-state index in [1.807, 2.05) is 18.7 Å². The number of carbonyl (C=O) groups is 1. The highest BCUT2D eigenvalue weighted by Gasteiger charge is 2.33. The molecule has 2 atom stereocenters. The molecule has 4 nitrogen and oxygen atoms in total. The predicted molar refractivity (Wildman–Crippen MR) is 90.5 cm³/mol. The third-order valence-electron chi connectivity index (χ3n) is 3.56. The molecule has 0 aliphatic heterocycles. The highest BCUT2D eigenvalue weighted by atomic mass is 32.2. The van der Waals surface area contributed by atoms with E-state index in [0.717, 1.165) is 30.1 Å². The number of carbonyl (C=O) groups excluding carboxylic acids is 1. The average molecular weight is 329 g/mol. The third kappa shape index (κ3) is 4.36. The Labute approximate surface area is 135 Å². The van der Waals surface area contributed by atoms with E-state index in [1.54, 1.807) is 11.3 Å². The predicted octanol–water partition coefficient (Wildman–Crippen LogP) is 3.68. The zero-order valence-corrected chi connectivity index (χ0v) is 14.6. The summed E-state index contributed by atoms with van der Waals surface area (Å²) in [5.74, 6) is 2.05. The number of anilines is 1. The lowest BCUT2D eigenvalue weighted by Gasteiger charge is -2.12. The average Bonchev–Trinajstić information content (AvgIpc) is 2.98. The van der Waals surface area contributed by atoms with Gasteiger partial charge in [-0.25, -0.2) is 4.98 Å². The van der Waals surface area contributed by atoms with Gasteiger partial charge in [0.1, 0.15) is 5.92 Å². The van der Waals surface area contributed by atoms with E-state index >= 15 is 0 Å². The second-order valence-electron chi connectivity index (χ2n) is 5.20. The SMILES string of the molecule is CCOC(=O)C1CCc2sc(NC(C)CCSCC)nc21. The summed E-state index contributed by atoms with van der Waals surface area (Å²) < 4.78 is 5.14. The quantitative estimate of drug-likeness (QED) is 0.583. The normalized spacial score (nSPS) is 18.3. The number of fused-ring (bicyclic) bond motifs is 1. The van der Waals surface area contributed by atoms with E-state index in [0.29, 0.717) is 12.6 Å². The molecular weight excluding hydrogens is 304 g/mol. The number of thioether (sulfide) groups is 1. The first kappa shape index (κ1) is 16.6. The molecule has 1 aromatic heterocycles. The fraction of sp³-hybridized carbons (Fsp3) is 0.733. The van der Waals surface area contributed by atoms with Crippen LogP contribution < -0.4 is 5.32 Å². The number of thiazole rings is 1. The van der Waals surface area contributed by atoms with Crippen LogP contribution in [0.25, 0.3) is 0 Å². The molecule has 0 saturated heterocycles. The zero-order valence-electron chi connectivity index (χ0n) is 13.0. The Morgan fingerprint density at radius 1 is 1.57 bits per heavy atom. The summed E-state index contributed by atoms with van der Waals surface area (Å²) in [7, 11) is 0. The van der Waals surface area contributed by atoms with E-state index in [1.165, 1.54) is 16.4 Å². The first-order valence-corrected chi connectivity index (χ1v) is 9.63. The van der Waals surface area contributed by atoms with Gasteiger partial charge in [0.15, 0.2) is 5.13 Å². The highest BCUT2D eigenvalue weighted by molar-refractivity contribution is 7.99. The van der Waals surface area contributed by atoms with Gasteiger partial charge in [0.05, 0.1) is 12.3 Å². The lowest BCUT2D eigenvalue weighted by molar-refractivity contribution is -0.145. The topological polar surface area (TPSA) is 51.2 Å². The molecule has 1 aromatic rings. The van der Waals surface area contributed by atoms with Crippen LogP contribution in [-0.4, -0.2) is 35.1 Å². The van der Waals surface area contributed by atoms with Gasteiger partial charge in [0, 0.05) is 10.9 Å². The summed E-state index contributed by atoms with van der Waals surface area (Å²) >= 11 is 3.65. The third-order valence-corrected chi connectivity index (χ3v) is 5.55. The molecule has 2 unspecified atom stereocenters. The smallest absolute Gasteiger partial charge is 0.315 e. The lowest BCUT2D eigenvalue weighted by atomic mass is 10.1. The molecule has 0 fully saturated rings. The first-order chi connectivity index (χ1) is 10.2. The van der Waals surface area contributed by atoms with Crippen LogP contribution in [0.2, 0.25) is 0 Å². The van der Waals surface area contributed by atoms with Crippen LogP contribution in [0, 0.1) is 0 Å². The van der Waals surface area contributed by atoms with Gasteiger partial charge in [-0.1, -0.05) is 6.92 Å². The van der Waals surface area contributed by atoms with E-state index < -0.39 is 0 Å². The number of nitrogens with one attached hydrogen (secondary N) is 1. The minimum atomic E-state index is -0.155. The van der Waals surface area contributed by atoms with Crippen LogP contribution in [0.5, 0.6) is 0 Å². The monoisotopic (exact) mass is 328 g/mol. The van der Waals surface area contributed by atoms with Gasteiger partial charge in [-0.15, -0.1) is 11.3 Å². The molecule has 0 bridgehead atoms. The number of esters is 1. The van der Waals surface area contributed by atoms with Crippen molar-refractivity contribution in [1.29, 1.82) is 0 Å². The molecule has 0 radical (unpaired) electrons. The van der Waals surface area contributed by atoms with Gasteiger partial charge in [0.25, 0.3) is 0 Å². The number of ether oxygens (including phenoxy) is 1. The Morgan fingerprint density at radius 3 is 3.10 bits per heavy atom. The minimum Gasteiger partial charge on any atom is -0.465 e. The molecule has 2 rings (SSSR count). The van der Waals surface area contributed by atoms with Crippen LogP contribution in [0.3, 0.4) is 0 Å². The van der Waals surface area contributed by atoms with Gasteiger partial charge < -0.3 is 10.1 Å². The van der Waals surface area contributed by atoms with Crippen LogP contribution in [0.1, 0.15) is 50.1 Å². The summed E-state index contributed by atoms with van der Waals surface area (Å²) in [5, 5.41) is 4.41. The number of aryl methyl sites for hydroxylation is 1. The van der Waals surface area contributed by atoms with Crippen molar-refractivity contribution in [2.24, 2.45) is 0 Å². The summed E-state index contributed by atoms with van der Waals surface area (Å²) in [6.45, 7) is 6.65. The Bertz CT molecular complexity index is 476. The molecule has 0 amide bonds. The van der Waals surface area contributed by atoms with E-state index in [-0.39, 0.29) is 11.9 Å². The maximum atomic E-state index is 11.9. The molecule has 1 aliphatic carbocycles. The number of hydrogen-bond donors (Lipinski definition) is 1. The largest absolute Gasteiger partial charge is 0.465 e. The van der Waals surface area contributed by atoms with Crippen molar-refractivity contribution in [1.82, 2.24) is 4.98 Å². The number of nitrogens with zero attached hydrogens (tertiary/aromatic N) is 1. The van der Waals surface area contributed by atoms with Crippen LogP contribution in [0.15, 0.2) is 0 Å². The summed E-state index contributed by atoms with van der Waals surface area (Å²) in [4.78, 5) is 17.8. The summed E-state index contributed by atoms with van der Waals surface area (Å²) in [6, 6.07) is 0.413. The summed E-state index contributed by atoms with van der Waals surface area (Å²) in [5.41, 5.74) is 0.941. The molecule has 21 heavy (non-hydrogen) atoms. The Hall–Kier alpha value is -0.750. The molecule has 1 heterocycles. The van der Waals surface area contributed by atoms with Gasteiger partial charge in [-0.05, 0) is 44.6 Å². The van der Waals surface area contributed by atoms with Crippen molar-refractivity contribution in [3.63, 3.8) is 0 Å². The van der Waals surface area contributed by atoms with E-state index in [9.17, 15) is 4.79 Å². The molecule has 0 saturated carbocycles. The molecule has 1 N–H and O–H groups in total. The fourth-order valence-electron chi connectivity index (χ4n) is 2.45. The maximum Gasteiger partial charge on any atom is 0.315 e. The van der Waals surface area contributed by atoms with Gasteiger partial charge in [-0.3, -0.25) is 4.79 Å². The second-order valence-corrected chi connectivity index (χ2v) is 7.68. The van der Waals surface area contributed by atoms with E-state index in [2.05, 4.69) is 24.1 Å². The minimum absolute atomic E-state index is 0.125. The Kier molecular flexibility index (Phi) is 6.36. The molecular formula is C15H24N2O2S2. The van der Waals surface area contributed by atoms with Crippen molar-refractivity contribution in [3.8, 4) is 0 Å². The molecule has 1 aliphatic rings. The van der Waals surface area contributed by atoms with Crippen LogP contribution in [-0.2, 0) is 16.0 Å². The molecule has 0 aromatic carbocycles. The lowest BCUT2D eigenvalue weighted by Crippen LogP contribution is -2.17. The summed E-state index contributed by atoms with van der Waals surface area (Å²) in [6.07, 6.45) is 2.91. The number of rotatable bonds is 8. The standard InChI is InChI=1S/C15H24N2O2S2/c1-4-19-14(18)11-6-7-12-13(11)17-15(21-12)16-10(3)8-9-20-5-2/h10-11H,4-9H2,1-3H3,(H,16,17). The molecule has 6 heteroatoms. The number of hydrogen-bond acceptors (Lipinski definition) is 6. The highest BCUT2D eigenvalue weighted by Crippen LogP contribution is 2.39.